The first-order valence-corrected chi connectivity index (χ1v) is 10.4. The molecule has 0 radical (unpaired) electrons. The number of nitrogens with zero attached hydrogens (tertiary/aromatic N) is 7. The van der Waals surface area contributed by atoms with E-state index in [0.29, 0.717) is 47.1 Å². The molecule has 0 bridgehead atoms. The van der Waals surface area contributed by atoms with Gasteiger partial charge in [0.15, 0.2) is 5.65 Å². The molecule has 8 nitrogen and oxygen atoms in total. The number of likely N-dealkylation sites (tertiary alicyclic amines) is 1. The van der Waals surface area contributed by atoms with Crippen molar-refractivity contribution >= 4 is 22.6 Å². The number of piperidine rings is 1. The van der Waals surface area contributed by atoms with Crippen LogP contribution in [0.15, 0.2) is 30.6 Å². The average Bonchev–Trinajstić information content (AvgIpc) is 3.30. The second-order valence-electron chi connectivity index (χ2n) is 8.16. The molecule has 1 aliphatic rings. The zero-order valence-electron chi connectivity index (χ0n) is 17.7. The van der Waals surface area contributed by atoms with Crippen LogP contribution in [0.5, 0.6) is 0 Å². The fourth-order valence-electron chi connectivity index (χ4n) is 4.19. The molecule has 0 aromatic carbocycles. The van der Waals surface area contributed by atoms with Crippen molar-refractivity contribution in [1.82, 2.24) is 34.0 Å². The van der Waals surface area contributed by atoms with Crippen LogP contribution < -0.4 is 5.32 Å². The maximum absolute atomic E-state index is 14.3. The summed E-state index contributed by atoms with van der Waals surface area (Å²) in [6.07, 6.45) is 0.601. The van der Waals surface area contributed by atoms with Crippen LogP contribution in [-0.2, 0) is 6.54 Å². The molecule has 1 fully saturated rings. The number of alkyl halides is 3. The summed E-state index contributed by atoms with van der Waals surface area (Å²) in [6, 6.07) is 5.08. The number of hydrogen-bond donors (Lipinski definition) is 1. The lowest BCUT2D eigenvalue weighted by molar-refractivity contribution is 0.127. The zero-order chi connectivity index (χ0) is 22.4. The standard InChI is InChI=1S/C21H23F3N8/c1-12-26-17-4-3-15(27-20(17)31(12)11-19(23)24)13-5-8-32-18(13)9-25-21(29-32)28-16-6-7-30(2)10-14(16)22/h3-5,8-9,14,16,19H,6-7,10-11H2,1-2H3,(H,28,29)/t14-,16+/m1/s1. The van der Waals surface area contributed by atoms with Crippen LogP contribution in [0.3, 0.4) is 0 Å². The van der Waals surface area contributed by atoms with E-state index in [2.05, 4.69) is 25.4 Å². The normalized spacial score (nSPS) is 19.9. The maximum Gasteiger partial charge on any atom is 0.256 e. The Morgan fingerprint density at radius 1 is 1.22 bits per heavy atom. The Kier molecular flexibility index (Phi) is 5.20. The first-order valence-electron chi connectivity index (χ1n) is 10.4. The van der Waals surface area contributed by atoms with Gasteiger partial charge in [0.25, 0.3) is 6.43 Å². The van der Waals surface area contributed by atoms with Crippen molar-refractivity contribution in [2.75, 3.05) is 25.5 Å². The Bertz CT molecular complexity index is 1270. The first kappa shape index (κ1) is 20.7. The predicted molar refractivity (Wildman–Crippen MR) is 115 cm³/mol. The molecule has 11 heteroatoms. The molecule has 1 N–H and O–H groups in total. The minimum absolute atomic E-state index is 0.332. The van der Waals surface area contributed by atoms with Crippen LogP contribution in [0.4, 0.5) is 19.1 Å². The van der Waals surface area contributed by atoms with Gasteiger partial charge in [-0.15, -0.1) is 5.10 Å². The van der Waals surface area contributed by atoms with E-state index in [-0.39, 0.29) is 6.04 Å². The predicted octanol–water partition coefficient (Wildman–Crippen LogP) is 3.17. The van der Waals surface area contributed by atoms with Gasteiger partial charge in [-0.3, -0.25) is 0 Å². The molecule has 1 aliphatic heterocycles. The number of fused-ring (bicyclic) bond motifs is 2. The van der Waals surface area contributed by atoms with Crippen LogP contribution in [0.1, 0.15) is 12.2 Å². The summed E-state index contributed by atoms with van der Waals surface area (Å²) in [5.74, 6) is 0.844. The Hall–Kier alpha value is -3.21. The van der Waals surface area contributed by atoms with Gasteiger partial charge in [-0.05, 0) is 38.6 Å². The summed E-state index contributed by atoms with van der Waals surface area (Å²) >= 11 is 0. The van der Waals surface area contributed by atoms with Gasteiger partial charge in [0.1, 0.15) is 17.5 Å². The highest BCUT2D eigenvalue weighted by Gasteiger charge is 2.28. The van der Waals surface area contributed by atoms with Crippen LogP contribution in [-0.4, -0.2) is 72.8 Å². The molecule has 0 spiro atoms. The van der Waals surface area contributed by atoms with Gasteiger partial charge in [0, 0.05) is 24.8 Å². The van der Waals surface area contributed by atoms with Gasteiger partial charge in [-0.2, -0.15) is 0 Å². The van der Waals surface area contributed by atoms with Crippen molar-refractivity contribution in [2.24, 2.45) is 0 Å². The van der Waals surface area contributed by atoms with Crippen molar-refractivity contribution in [1.29, 1.82) is 0 Å². The van der Waals surface area contributed by atoms with Crippen LogP contribution in [0.2, 0.25) is 0 Å². The molecule has 1 saturated heterocycles. The van der Waals surface area contributed by atoms with Gasteiger partial charge in [0.05, 0.1) is 30.0 Å². The molecule has 5 heterocycles. The first-order chi connectivity index (χ1) is 15.4. The number of hydrogen-bond acceptors (Lipinski definition) is 6. The minimum atomic E-state index is -2.50. The second-order valence-corrected chi connectivity index (χ2v) is 8.16. The average molecular weight is 444 g/mol. The number of pyridine rings is 1. The second kappa shape index (κ2) is 8.05. The van der Waals surface area contributed by atoms with Gasteiger partial charge in [-0.1, -0.05) is 0 Å². The third-order valence-corrected chi connectivity index (χ3v) is 5.86. The molecule has 5 rings (SSSR count). The molecule has 32 heavy (non-hydrogen) atoms. The lowest BCUT2D eigenvalue weighted by Gasteiger charge is -2.32. The summed E-state index contributed by atoms with van der Waals surface area (Å²) in [5.41, 5.74) is 3.06. The molecule has 0 amide bonds. The molecule has 2 atom stereocenters. The number of halogens is 3. The number of nitrogens with one attached hydrogen (secondary N) is 1. The highest BCUT2D eigenvalue weighted by molar-refractivity contribution is 5.82. The molecule has 4 aromatic rings. The molecule has 4 aromatic heterocycles. The molecular formula is C21H23F3N8. The summed E-state index contributed by atoms with van der Waals surface area (Å²) < 4.78 is 43.4. The Morgan fingerprint density at radius 2 is 2.06 bits per heavy atom. The zero-order valence-corrected chi connectivity index (χ0v) is 17.7. The molecule has 168 valence electrons. The highest BCUT2D eigenvalue weighted by atomic mass is 19.3. The van der Waals surface area contributed by atoms with Gasteiger partial charge >= 0.3 is 0 Å². The summed E-state index contributed by atoms with van der Waals surface area (Å²) in [6.45, 7) is 2.42. The summed E-state index contributed by atoms with van der Waals surface area (Å²) in [7, 11) is 1.90. The Morgan fingerprint density at radius 3 is 2.84 bits per heavy atom. The Balaban J connectivity index is 1.45. The quantitative estimate of drug-likeness (QED) is 0.510. The van der Waals surface area contributed by atoms with Crippen molar-refractivity contribution < 1.29 is 13.2 Å². The van der Waals surface area contributed by atoms with Crippen molar-refractivity contribution in [3.8, 4) is 11.3 Å². The maximum atomic E-state index is 14.3. The van der Waals surface area contributed by atoms with E-state index in [1.54, 1.807) is 36.0 Å². The fourth-order valence-corrected chi connectivity index (χ4v) is 4.19. The summed E-state index contributed by atoms with van der Waals surface area (Å²) in [4.78, 5) is 15.3. The number of imidazole rings is 1. The number of anilines is 1. The summed E-state index contributed by atoms with van der Waals surface area (Å²) in [5, 5.41) is 7.56. The van der Waals surface area contributed by atoms with Crippen molar-refractivity contribution in [3.05, 3.63) is 36.4 Å². The van der Waals surface area contributed by atoms with Gasteiger partial charge in [0.2, 0.25) is 5.95 Å². The number of aryl methyl sites for hydroxylation is 1. The smallest absolute Gasteiger partial charge is 0.256 e. The number of rotatable bonds is 5. The van der Waals surface area contributed by atoms with Crippen LogP contribution >= 0.6 is 0 Å². The van der Waals surface area contributed by atoms with Crippen molar-refractivity contribution in [2.45, 2.75) is 38.5 Å². The third kappa shape index (κ3) is 3.77. The van der Waals surface area contributed by atoms with E-state index in [1.165, 1.54) is 4.57 Å². The lowest BCUT2D eigenvalue weighted by atomic mass is 10.0. The molecule has 0 aliphatic carbocycles. The molecule has 0 saturated carbocycles. The molecular weight excluding hydrogens is 421 g/mol. The van der Waals surface area contributed by atoms with E-state index in [9.17, 15) is 13.2 Å². The van der Waals surface area contributed by atoms with E-state index in [4.69, 9.17) is 0 Å². The lowest BCUT2D eigenvalue weighted by Crippen LogP contribution is -2.46. The van der Waals surface area contributed by atoms with E-state index < -0.39 is 19.1 Å². The topological polar surface area (TPSA) is 76.2 Å². The van der Waals surface area contributed by atoms with Gasteiger partial charge in [-0.25, -0.2) is 32.6 Å². The Labute approximate surface area is 182 Å². The van der Waals surface area contributed by atoms with Crippen LogP contribution in [0, 0.1) is 6.92 Å². The van der Waals surface area contributed by atoms with E-state index in [1.807, 2.05) is 18.0 Å². The van der Waals surface area contributed by atoms with Crippen molar-refractivity contribution in [3.63, 3.8) is 0 Å². The van der Waals surface area contributed by atoms with Gasteiger partial charge < -0.3 is 14.8 Å². The third-order valence-electron chi connectivity index (χ3n) is 5.86. The highest BCUT2D eigenvalue weighted by Crippen LogP contribution is 2.27. The monoisotopic (exact) mass is 444 g/mol. The minimum Gasteiger partial charge on any atom is -0.347 e. The SMILES string of the molecule is Cc1nc2ccc(-c3ccn4nc(N[C@H]5CCN(C)C[C@H]5F)ncc34)nc2n1CC(F)F. The van der Waals surface area contributed by atoms with E-state index >= 15 is 0 Å². The largest absolute Gasteiger partial charge is 0.347 e. The molecule has 0 unspecified atom stereocenters. The fraction of sp³-hybridized carbons (Fsp3) is 0.429. The number of aromatic nitrogens is 6. The van der Waals surface area contributed by atoms with Crippen LogP contribution in [0.25, 0.3) is 27.9 Å². The van der Waals surface area contributed by atoms with E-state index in [0.717, 1.165) is 12.1 Å².